The lowest BCUT2D eigenvalue weighted by Crippen LogP contribution is -1.73. The molecule has 0 aliphatic carbocycles. The van der Waals surface area contributed by atoms with Gasteiger partial charge in [0.25, 0.3) is 0 Å². The maximum atomic E-state index is 2.29. The first-order valence-corrected chi connectivity index (χ1v) is 6.68. The highest BCUT2D eigenvalue weighted by molar-refractivity contribution is 8.02. The summed E-state index contributed by atoms with van der Waals surface area (Å²) in [5.74, 6) is 0. The molecule has 1 aromatic carbocycles. The maximum Gasteiger partial charge on any atom is 0.0116 e. The van der Waals surface area contributed by atoms with Crippen LogP contribution in [0, 0.1) is 0 Å². The van der Waals surface area contributed by atoms with Crippen LogP contribution in [0.15, 0.2) is 46.7 Å². The number of rotatable bonds is 7. The monoisotopic (exact) mass is 220 g/mol. The second-order valence-corrected chi connectivity index (χ2v) is 4.63. The summed E-state index contributed by atoms with van der Waals surface area (Å²) < 4.78 is 0. The number of benzene rings is 1. The van der Waals surface area contributed by atoms with Crippen molar-refractivity contribution in [3.8, 4) is 0 Å². The molecule has 0 N–H and O–H groups in total. The van der Waals surface area contributed by atoms with Crippen LogP contribution in [-0.4, -0.2) is 0 Å². The first-order valence-electron chi connectivity index (χ1n) is 5.80. The van der Waals surface area contributed by atoms with Crippen LogP contribution in [-0.2, 0) is 0 Å². The highest BCUT2D eigenvalue weighted by Gasteiger charge is 1.87. The second-order valence-electron chi connectivity index (χ2n) is 3.65. The highest BCUT2D eigenvalue weighted by atomic mass is 32.2. The molecule has 1 heteroatoms. The summed E-state index contributed by atoms with van der Waals surface area (Å²) in [5, 5.41) is 2.21. The lowest BCUT2D eigenvalue weighted by Gasteiger charge is -1.95. The molecule has 82 valence electrons. The molecule has 0 radical (unpaired) electrons. The van der Waals surface area contributed by atoms with Gasteiger partial charge in [-0.3, -0.25) is 0 Å². The summed E-state index contributed by atoms with van der Waals surface area (Å²) in [6.45, 7) is 2.25. The van der Waals surface area contributed by atoms with Gasteiger partial charge in [-0.05, 0) is 30.4 Å². The second kappa shape index (κ2) is 8.60. The van der Waals surface area contributed by atoms with E-state index in [9.17, 15) is 0 Å². The molecule has 0 nitrogen and oxygen atoms in total. The predicted molar refractivity (Wildman–Crippen MR) is 70.2 cm³/mol. The Bertz CT molecular complexity index is 264. The standard InChI is InChI=1S/C14H20S/c1-2-3-4-5-6-10-13-15-14-11-8-7-9-12-14/h7-13H,2-6H2,1H3/b13-10+. The van der Waals surface area contributed by atoms with E-state index in [0.717, 1.165) is 0 Å². The highest BCUT2D eigenvalue weighted by Crippen LogP contribution is 2.18. The maximum absolute atomic E-state index is 2.29. The zero-order valence-corrected chi connectivity index (χ0v) is 10.3. The summed E-state index contributed by atoms with van der Waals surface area (Å²) in [4.78, 5) is 1.32. The van der Waals surface area contributed by atoms with Crippen molar-refractivity contribution in [2.24, 2.45) is 0 Å². The van der Waals surface area contributed by atoms with Gasteiger partial charge in [-0.2, -0.15) is 0 Å². The van der Waals surface area contributed by atoms with Crippen molar-refractivity contribution in [3.05, 3.63) is 41.8 Å². The fourth-order valence-corrected chi connectivity index (χ4v) is 2.09. The Morgan fingerprint density at radius 3 is 2.60 bits per heavy atom. The van der Waals surface area contributed by atoms with Crippen LogP contribution in [0.3, 0.4) is 0 Å². The van der Waals surface area contributed by atoms with E-state index in [1.807, 2.05) is 0 Å². The van der Waals surface area contributed by atoms with E-state index in [4.69, 9.17) is 0 Å². The molecular weight excluding hydrogens is 200 g/mol. The van der Waals surface area contributed by atoms with Gasteiger partial charge in [-0.1, -0.05) is 62.2 Å². The van der Waals surface area contributed by atoms with Crippen molar-refractivity contribution in [3.63, 3.8) is 0 Å². The summed E-state index contributed by atoms with van der Waals surface area (Å²) in [6, 6.07) is 10.5. The Labute approximate surface area is 97.8 Å². The number of thioether (sulfide) groups is 1. The summed E-state index contributed by atoms with van der Waals surface area (Å²) >= 11 is 1.80. The van der Waals surface area contributed by atoms with Crippen LogP contribution in [0.2, 0.25) is 0 Å². The predicted octanol–water partition coefficient (Wildman–Crippen LogP) is 5.26. The minimum Gasteiger partial charge on any atom is -0.0984 e. The number of unbranched alkanes of at least 4 members (excludes halogenated alkanes) is 4. The van der Waals surface area contributed by atoms with Gasteiger partial charge < -0.3 is 0 Å². The van der Waals surface area contributed by atoms with E-state index in [2.05, 4.69) is 48.7 Å². The lowest BCUT2D eigenvalue weighted by molar-refractivity contribution is 0.675. The van der Waals surface area contributed by atoms with Gasteiger partial charge in [0.1, 0.15) is 0 Å². The largest absolute Gasteiger partial charge is 0.0984 e. The van der Waals surface area contributed by atoms with E-state index in [0.29, 0.717) is 0 Å². The van der Waals surface area contributed by atoms with E-state index in [1.54, 1.807) is 11.8 Å². The number of allylic oxidation sites excluding steroid dienone is 1. The minimum atomic E-state index is 1.22. The Morgan fingerprint density at radius 1 is 1.07 bits per heavy atom. The van der Waals surface area contributed by atoms with Crippen molar-refractivity contribution >= 4 is 11.8 Å². The first-order chi connectivity index (χ1) is 7.43. The molecule has 0 heterocycles. The van der Waals surface area contributed by atoms with Crippen LogP contribution in [0.1, 0.15) is 39.0 Å². The van der Waals surface area contributed by atoms with Crippen molar-refractivity contribution in [1.29, 1.82) is 0 Å². The van der Waals surface area contributed by atoms with Crippen LogP contribution in [0.25, 0.3) is 0 Å². The van der Waals surface area contributed by atoms with Crippen molar-refractivity contribution in [1.82, 2.24) is 0 Å². The van der Waals surface area contributed by atoms with Crippen LogP contribution < -0.4 is 0 Å². The van der Waals surface area contributed by atoms with Crippen LogP contribution in [0.4, 0.5) is 0 Å². The molecule has 0 atom stereocenters. The third-order valence-electron chi connectivity index (χ3n) is 2.27. The summed E-state index contributed by atoms with van der Waals surface area (Å²) in [7, 11) is 0. The average Bonchev–Trinajstić information content (AvgIpc) is 2.29. The normalized spacial score (nSPS) is 11.0. The van der Waals surface area contributed by atoms with Crippen LogP contribution >= 0.6 is 11.8 Å². The van der Waals surface area contributed by atoms with Crippen molar-refractivity contribution < 1.29 is 0 Å². The molecule has 0 aliphatic heterocycles. The van der Waals surface area contributed by atoms with Gasteiger partial charge in [-0.15, -0.1) is 0 Å². The molecule has 1 aromatic rings. The van der Waals surface area contributed by atoms with Gasteiger partial charge in [0.2, 0.25) is 0 Å². The third kappa shape index (κ3) is 6.40. The van der Waals surface area contributed by atoms with E-state index in [-0.39, 0.29) is 0 Å². The zero-order valence-electron chi connectivity index (χ0n) is 9.49. The minimum absolute atomic E-state index is 1.22. The Hall–Kier alpha value is -0.690. The zero-order chi connectivity index (χ0) is 10.8. The molecule has 1 rings (SSSR count). The summed E-state index contributed by atoms with van der Waals surface area (Å²) in [6.07, 6.45) is 8.91. The molecular formula is C14H20S. The SMILES string of the molecule is CCCCCC/C=C/Sc1ccccc1. The molecule has 0 spiro atoms. The molecule has 0 saturated carbocycles. The van der Waals surface area contributed by atoms with Gasteiger partial charge >= 0.3 is 0 Å². The molecule has 0 unspecified atom stereocenters. The topological polar surface area (TPSA) is 0 Å². The molecule has 0 amide bonds. The van der Waals surface area contributed by atoms with Crippen molar-refractivity contribution in [2.75, 3.05) is 0 Å². The van der Waals surface area contributed by atoms with Gasteiger partial charge in [-0.25, -0.2) is 0 Å². The van der Waals surface area contributed by atoms with E-state index in [1.165, 1.54) is 37.0 Å². The van der Waals surface area contributed by atoms with Crippen molar-refractivity contribution in [2.45, 2.75) is 43.9 Å². The average molecular weight is 220 g/mol. The fraction of sp³-hybridized carbons (Fsp3) is 0.429. The molecule has 0 fully saturated rings. The smallest absolute Gasteiger partial charge is 0.0116 e. The third-order valence-corrected chi connectivity index (χ3v) is 3.14. The Balaban J connectivity index is 2.07. The molecule has 0 aromatic heterocycles. The van der Waals surface area contributed by atoms with E-state index >= 15 is 0 Å². The first kappa shape index (κ1) is 12.4. The molecule has 15 heavy (non-hydrogen) atoms. The van der Waals surface area contributed by atoms with E-state index < -0.39 is 0 Å². The Kier molecular flexibility index (Phi) is 7.10. The molecule has 0 bridgehead atoms. The Morgan fingerprint density at radius 2 is 1.87 bits per heavy atom. The van der Waals surface area contributed by atoms with Gasteiger partial charge in [0, 0.05) is 4.90 Å². The fourth-order valence-electron chi connectivity index (χ4n) is 1.38. The van der Waals surface area contributed by atoms with Crippen LogP contribution in [0.5, 0.6) is 0 Å². The quantitative estimate of drug-likeness (QED) is 0.446. The molecule has 0 aliphatic rings. The summed E-state index contributed by atoms with van der Waals surface area (Å²) in [5.41, 5.74) is 0. The molecule has 0 saturated heterocycles. The number of hydrogen-bond acceptors (Lipinski definition) is 1. The number of hydrogen-bond donors (Lipinski definition) is 0. The van der Waals surface area contributed by atoms with Gasteiger partial charge in [0.05, 0.1) is 0 Å². The van der Waals surface area contributed by atoms with Gasteiger partial charge in [0.15, 0.2) is 0 Å². The lowest BCUT2D eigenvalue weighted by atomic mass is 10.2.